The number of ketones is 1. The van der Waals surface area contributed by atoms with Crippen molar-refractivity contribution in [2.75, 3.05) is 0 Å². The van der Waals surface area contributed by atoms with E-state index >= 15 is 0 Å². The van der Waals surface area contributed by atoms with Crippen LogP contribution in [0.25, 0.3) is 0 Å². The average Bonchev–Trinajstić information content (AvgIpc) is 2.98. The van der Waals surface area contributed by atoms with Gasteiger partial charge in [-0.05, 0) is 100 Å². The highest BCUT2D eigenvalue weighted by Gasteiger charge is 2.61. The Morgan fingerprint density at radius 1 is 0.966 bits per heavy atom. The first-order valence-electron chi connectivity index (χ1n) is 11.5. The first kappa shape index (κ1) is 19.9. The summed E-state index contributed by atoms with van der Waals surface area (Å²) in [5, 5.41) is 10.2. The van der Waals surface area contributed by atoms with Crippen LogP contribution in [-0.4, -0.2) is 25.9 Å². The van der Waals surface area contributed by atoms with E-state index in [1.807, 2.05) is 37.3 Å². The molecular weight excluding hydrogens is 380 g/mol. The zero-order valence-corrected chi connectivity index (χ0v) is 18.5. The highest BCUT2D eigenvalue weighted by Crippen LogP contribution is 2.62. The largest absolute Gasteiger partial charge is 0.390 e. The summed E-state index contributed by atoms with van der Waals surface area (Å²) in [6, 6.07) is 9.56. The van der Waals surface area contributed by atoms with Gasteiger partial charge in [0.25, 0.3) is 0 Å². The van der Waals surface area contributed by atoms with E-state index in [-0.39, 0.29) is 16.4 Å². The molecule has 0 saturated heterocycles. The second-order valence-corrected chi connectivity index (χ2v) is 12.5. The number of carbonyl (C=O) groups is 1. The predicted molar refractivity (Wildman–Crippen MR) is 115 cm³/mol. The number of benzene rings is 1. The number of fused-ring (bicyclic) bond motifs is 5. The fourth-order valence-electron chi connectivity index (χ4n) is 7.75. The van der Waals surface area contributed by atoms with Gasteiger partial charge in [-0.2, -0.15) is 0 Å². The molecular formula is C25H34O3S. The summed E-state index contributed by atoms with van der Waals surface area (Å²) in [5.74, 6) is 3.30. The molecule has 1 aromatic rings. The second kappa shape index (κ2) is 7.02. The number of aliphatic hydroxyl groups is 1. The van der Waals surface area contributed by atoms with E-state index in [1.165, 1.54) is 12.8 Å². The van der Waals surface area contributed by atoms with Gasteiger partial charge < -0.3 is 5.11 Å². The molecule has 29 heavy (non-hydrogen) atoms. The molecule has 4 aliphatic rings. The summed E-state index contributed by atoms with van der Waals surface area (Å²) in [6.07, 6.45) is 8.26. The van der Waals surface area contributed by atoms with Gasteiger partial charge in [0.05, 0.1) is 21.7 Å². The zero-order valence-electron chi connectivity index (χ0n) is 17.7. The Morgan fingerprint density at radius 2 is 1.69 bits per heavy atom. The van der Waals surface area contributed by atoms with Crippen molar-refractivity contribution in [3.05, 3.63) is 30.3 Å². The Morgan fingerprint density at radius 3 is 2.45 bits per heavy atom. The maximum absolute atomic E-state index is 13.5. The summed E-state index contributed by atoms with van der Waals surface area (Å²) in [5.41, 5.74) is -0.776. The molecule has 3 nitrogen and oxygen atoms in total. The van der Waals surface area contributed by atoms with Crippen molar-refractivity contribution in [3.8, 4) is 0 Å². The minimum atomic E-state index is -1.24. The Balaban J connectivity index is 1.39. The van der Waals surface area contributed by atoms with E-state index in [1.54, 1.807) is 0 Å². The molecule has 0 spiro atoms. The summed E-state index contributed by atoms with van der Waals surface area (Å²) >= 11 is 0. The van der Waals surface area contributed by atoms with Crippen molar-refractivity contribution in [2.45, 2.75) is 81.0 Å². The van der Waals surface area contributed by atoms with Crippen LogP contribution in [0.3, 0.4) is 0 Å². The topological polar surface area (TPSA) is 54.4 Å². The van der Waals surface area contributed by atoms with Gasteiger partial charge in [0.1, 0.15) is 0 Å². The molecule has 2 unspecified atom stereocenters. The van der Waals surface area contributed by atoms with E-state index in [0.717, 1.165) is 43.4 Å². The SMILES string of the molecule is C[C@@]1(O)CC[C@H]2[C@H](CC[C@@H]3[C@@H]2CC[C@]2(C)C(=O)C(S(=O)c4ccccc4)C[C@@H]32)C1. The molecule has 0 radical (unpaired) electrons. The first-order chi connectivity index (χ1) is 13.8. The lowest BCUT2D eigenvalue weighted by atomic mass is 9.50. The molecule has 5 rings (SSSR count). The third-order valence-corrected chi connectivity index (χ3v) is 10.8. The zero-order chi connectivity index (χ0) is 20.4. The molecule has 0 amide bonds. The molecule has 9 atom stereocenters. The molecule has 4 heteroatoms. The fourth-order valence-corrected chi connectivity index (χ4v) is 9.35. The van der Waals surface area contributed by atoms with Crippen molar-refractivity contribution in [1.29, 1.82) is 0 Å². The number of hydrogen-bond donors (Lipinski definition) is 1. The Labute approximate surface area is 177 Å². The lowest BCUT2D eigenvalue weighted by Gasteiger charge is -2.55. The molecule has 0 heterocycles. The van der Waals surface area contributed by atoms with Gasteiger partial charge in [-0.3, -0.25) is 9.00 Å². The lowest BCUT2D eigenvalue weighted by Crippen LogP contribution is -2.50. The van der Waals surface area contributed by atoms with Gasteiger partial charge in [-0.25, -0.2) is 0 Å². The lowest BCUT2D eigenvalue weighted by molar-refractivity contribution is -0.134. The van der Waals surface area contributed by atoms with Gasteiger partial charge in [0, 0.05) is 10.3 Å². The third-order valence-electron chi connectivity index (χ3n) is 9.18. The van der Waals surface area contributed by atoms with Crippen molar-refractivity contribution in [2.24, 2.45) is 35.0 Å². The van der Waals surface area contributed by atoms with Gasteiger partial charge >= 0.3 is 0 Å². The van der Waals surface area contributed by atoms with Crippen LogP contribution < -0.4 is 0 Å². The predicted octanol–water partition coefficient (Wildman–Crippen LogP) is 4.75. The van der Waals surface area contributed by atoms with Crippen molar-refractivity contribution in [1.82, 2.24) is 0 Å². The highest BCUT2D eigenvalue weighted by molar-refractivity contribution is 7.86. The van der Waals surface area contributed by atoms with E-state index in [9.17, 15) is 14.1 Å². The van der Waals surface area contributed by atoms with Gasteiger partial charge in [0.2, 0.25) is 0 Å². The van der Waals surface area contributed by atoms with Gasteiger partial charge in [-0.1, -0.05) is 25.1 Å². The molecule has 1 aromatic carbocycles. The number of hydrogen-bond acceptors (Lipinski definition) is 3. The van der Waals surface area contributed by atoms with Crippen molar-refractivity contribution in [3.63, 3.8) is 0 Å². The van der Waals surface area contributed by atoms with E-state index in [2.05, 4.69) is 6.92 Å². The number of carbonyl (C=O) groups excluding carboxylic acids is 1. The molecule has 0 aliphatic heterocycles. The van der Waals surface area contributed by atoms with Crippen LogP contribution in [0, 0.1) is 35.0 Å². The molecule has 4 aliphatic carbocycles. The summed E-state index contributed by atoms with van der Waals surface area (Å²) in [7, 11) is -1.24. The van der Waals surface area contributed by atoms with Crippen LogP contribution in [0.1, 0.15) is 65.2 Å². The maximum Gasteiger partial charge on any atom is 0.154 e. The second-order valence-electron chi connectivity index (χ2n) is 10.8. The van der Waals surface area contributed by atoms with E-state index in [4.69, 9.17) is 0 Å². The summed E-state index contributed by atoms with van der Waals surface area (Å²) < 4.78 is 13.3. The summed E-state index contributed by atoms with van der Waals surface area (Å²) in [6.45, 7) is 4.18. The molecule has 158 valence electrons. The Kier molecular flexibility index (Phi) is 4.82. The highest BCUT2D eigenvalue weighted by atomic mass is 32.2. The van der Waals surface area contributed by atoms with E-state index in [0.29, 0.717) is 29.6 Å². The Hall–Kier alpha value is -1.00. The third kappa shape index (κ3) is 3.17. The smallest absolute Gasteiger partial charge is 0.154 e. The molecule has 4 saturated carbocycles. The Bertz CT molecular complexity index is 819. The van der Waals surface area contributed by atoms with Gasteiger partial charge in [0.15, 0.2) is 5.78 Å². The van der Waals surface area contributed by atoms with Crippen molar-refractivity contribution < 1.29 is 14.1 Å². The molecule has 0 aromatic heterocycles. The normalized spacial score (nSPS) is 47.8. The quantitative estimate of drug-likeness (QED) is 0.760. The van der Waals surface area contributed by atoms with Crippen LogP contribution in [-0.2, 0) is 15.6 Å². The molecule has 0 bridgehead atoms. The van der Waals surface area contributed by atoms with Crippen LogP contribution in [0.2, 0.25) is 0 Å². The average molecular weight is 415 g/mol. The van der Waals surface area contributed by atoms with Crippen LogP contribution in [0.4, 0.5) is 0 Å². The first-order valence-corrected chi connectivity index (χ1v) is 12.7. The minimum Gasteiger partial charge on any atom is -0.390 e. The van der Waals surface area contributed by atoms with Gasteiger partial charge in [-0.15, -0.1) is 0 Å². The summed E-state index contributed by atoms with van der Waals surface area (Å²) in [4.78, 5) is 14.3. The van der Waals surface area contributed by atoms with Crippen LogP contribution in [0.5, 0.6) is 0 Å². The maximum atomic E-state index is 13.5. The minimum absolute atomic E-state index is 0.261. The number of rotatable bonds is 2. The molecule has 4 fully saturated rings. The van der Waals surface area contributed by atoms with Crippen LogP contribution >= 0.6 is 0 Å². The molecule has 1 N–H and O–H groups in total. The fraction of sp³-hybridized carbons (Fsp3) is 0.720. The van der Waals surface area contributed by atoms with E-state index < -0.39 is 16.4 Å². The van der Waals surface area contributed by atoms with Crippen molar-refractivity contribution >= 4 is 16.6 Å². The number of Topliss-reactive ketones (excluding diaryl/α,β-unsaturated/α-hetero) is 1. The monoisotopic (exact) mass is 414 g/mol. The van der Waals surface area contributed by atoms with Crippen LogP contribution in [0.15, 0.2) is 35.2 Å². The standard InChI is InChI=1S/C25H34O3S/c1-24(27)12-10-18-16(15-24)8-9-20-19(18)11-13-25(2)21(20)14-22(23(25)26)29(28)17-6-4-3-5-7-17/h3-7,16,18-22,27H,8-15H2,1-2H3/t16-,18+,19-,20-,21+,22?,24-,25+,29?/m1/s1.